The average molecular weight is 264 g/mol. The molecule has 0 atom stereocenters. The largest absolute Gasteiger partial charge is 0.202 e. The molecule has 0 nitrogen and oxygen atoms in total. The predicted octanol–water partition coefficient (Wildman–Crippen LogP) is 3.61. The summed E-state index contributed by atoms with van der Waals surface area (Å²) in [5.74, 6) is -7.82. The lowest BCUT2D eigenvalue weighted by atomic mass is 10.2. The number of rotatable bonds is 0. The zero-order chi connectivity index (χ0) is 13.4. The van der Waals surface area contributed by atoms with Crippen molar-refractivity contribution in [2.45, 2.75) is 19.6 Å². The van der Waals surface area contributed by atoms with Crippen LogP contribution in [0.25, 0.3) is 0 Å². The molecule has 0 aliphatic carbocycles. The summed E-state index contributed by atoms with van der Waals surface area (Å²) in [7, 11) is -1.97. The van der Waals surface area contributed by atoms with Crippen molar-refractivity contribution in [2.75, 3.05) is 0 Å². The zero-order valence-electron chi connectivity index (χ0n) is 9.39. The summed E-state index contributed by atoms with van der Waals surface area (Å²) in [6.45, 7) is 5.35. The van der Waals surface area contributed by atoms with E-state index in [1.54, 1.807) is 19.6 Å². The Hall–Kier alpha value is -1.35. The molecule has 1 rings (SSSR count). The van der Waals surface area contributed by atoms with Gasteiger partial charge in [-0.05, 0) is 0 Å². The van der Waals surface area contributed by atoms with Crippen LogP contribution in [0.3, 0.4) is 0 Å². The third-order valence-electron chi connectivity index (χ3n) is 1.77. The lowest BCUT2D eigenvalue weighted by Gasteiger charge is -2.05. The van der Waals surface area contributed by atoms with Crippen molar-refractivity contribution in [1.82, 2.24) is 0 Å². The second kappa shape index (κ2) is 4.49. The molecular formula is C11H9F5Si. The smallest absolute Gasteiger partial charge is 0.200 e. The van der Waals surface area contributed by atoms with E-state index >= 15 is 0 Å². The molecule has 0 spiro atoms. The summed E-state index contributed by atoms with van der Waals surface area (Å²) < 4.78 is 64.7. The SMILES string of the molecule is C[Si](C)(C)C#Cc1c(F)c(F)c(F)c(F)c1F. The molecular weight excluding hydrogens is 255 g/mol. The fourth-order valence-electron chi connectivity index (χ4n) is 0.965. The van der Waals surface area contributed by atoms with Gasteiger partial charge in [-0.15, -0.1) is 5.54 Å². The summed E-state index contributed by atoms with van der Waals surface area (Å²) in [6.07, 6.45) is 0. The molecule has 1 aromatic rings. The first-order chi connectivity index (χ1) is 7.65. The van der Waals surface area contributed by atoms with Crippen molar-refractivity contribution in [1.29, 1.82) is 0 Å². The van der Waals surface area contributed by atoms with Gasteiger partial charge in [0.05, 0.1) is 0 Å². The zero-order valence-corrected chi connectivity index (χ0v) is 10.4. The van der Waals surface area contributed by atoms with E-state index in [1.165, 1.54) is 0 Å². The average Bonchev–Trinajstić information content (AvgIpc) is 2.22. The van der Waals surface area contributed by atoms with E-state index in [0.29, 0.717) is 0 Å². The van der Waals surface area contributed by atoms with E-state index in [4.69, 9.17) is 0 Å². The fraction of sp³-hybridized carbons (Fsp3) is 0.273. The molecule has 1 aromatic carbocycles. The molecule has 0 bridgehead atoms. The molecule has 0 heterocycles. The first-order valence-electron chi connectivity index (χ1n) is 4.69. The highest BCUT2D eigenvalue weighted by molar-refractivity contribution is 6.83. The van der Waals surface area contributed by atoms with E-state index in [1.807, 2.05) is 5.92 Å². The van der Waals surface area contributed by atoms with Gasteiger partial charge in [0.2, 0.25) is 5.82 Å². The second-order valence-electron chi connectivity index (χ2n) is 4.44. The second-order valence-corrected chi connectivity index (χ2v) is 9.19. The van der Waals surface area contributed by atoms with Crippen LogP contribution in [-0.4, -0.2) is 8.07 Å². The Morgan fingerprint density at radius 2 is 1.06 bits per heavy atom. The Balaban J connectivity index is 3.49. The van der Waals surface area contributed by atoms with Crippen LogP contribution in [0.15, 0.2) is 0 Å². The third-order valence-corrected chi connectivity index (χ3v) is 2.65. The summed E-state index contributed by atoms with van der Waals surface area (Å²) >= 11 is 0. The minimum absolute atomic E-state index is 1.07. The predicted molar refractivity (Wildman–Crippen MR) is 56.5 cm³/mol. The van der Waals surface area contributed by atoms with E-state index in [0.717, 1.165) is 0 Å². The topological polar surface area (TPSA) is 0 Å². The van der Waals surface area contributed by atoms with E-state index in [9.17, 15) is 22.0 Å². The van der Waals surface area contributed by atoms with Crippen LogP contribution in [-0.2, 0) is 0 Å². The summed E-state index contributed by atoms with van der Waals surface area (Å²) in [5.41, 5.74) is 1.48. The molecule has 0 unspecified atom stereocenters. The van der Waals surface area contributed by atoms with Gasteiger partial charge in [0.1, 0.15) is 13.6 Å². The Morgan fingerprint density at radius 1 is 0.706 bits per heavy atom. The minimum atomic E-state index is -2.17. The van der Waals surface area contributed by atoms with E-state index < -0.39 is 42.7 Å². The minimum Gasteiger partial charge on any atom is -0.202 e. The van der Waals surface area contributed by atoms with Crippen molar-refractivity contribution in [3.63, 3.8) is 0 Å². The summed E-state index contributed by atoms with van der Waals surface area (Å²) in [6, 6.07) is 0. The summed E-state index contributed by atoms with van der Waals surface area (Å²) in [5, 5.41) is 0. The highest BCUT2D eigenvalue weighted by Crippen LogP contribution is 2.22. The maximum atomic E-state index is 13.2. The molecule has 92 valence electrons. The maximum Gasteiger partial charge on any atom is 0.200 e. The first kappa shape index (κ1) is 13.7. The normalized spacial score (nSPS) is 11.1. The summed E-state index contributed by atoms with van der Waals surface area (Å²) in [4.78, 5) is 0. The van der Waals surface area contributed by atoms with Crippen molar-refractivity contribution in [3.05, 3.63) is 34.6 Å². The molecule has 0 aromatic heterocycles. The van der Waals surface area contributed by atoms with Gasteiger partial charge in [0, 0.05) is 0 Å². The molecule has 6 heteroatoms. The fourth-order valence-corrected chi connectivity index (χ4v) is 1.46. The standard InChI is InChI=1S/C11H9F5Si/c1-17(2,3)5-4-6-7(12)9(14)11(16)10(15)8(6)13/h1-3H3. The van der Waals surface area contributed by atoms with Gasteiger partial charge < -0.3 is 0 Å². The number of benzene rings is 1. The maximum absolute atomic E-state index is 13.2. The molecule has 0 aliphatic heterocycles. The molecule has 0 radical (unpaired) electrons. The van der Waals surface area contributed by atoms with Gasteiger partial charge in [-0.1, -0.05) is 25.6 Å². The van der Waals surface area contributed by atoms with Gasteiger partial charge in [-0.25, -0.2) is 22.0 Å². The molecule has 17 heavy (non-hydrogen) atoms. The van der Waals surface area contributed by atoms with Crippen molar-refractivity contribution in [3.8, 4) is 11.5 Å². The number of hydrogen-bond acceptors (Lipinski definition) is 0. The monoisotopic (exact) mass is 264 g/mol. The van der Waals surface area contributed by atoms with Crippen LogP contribution < -0.4 is 0 Å². The van der Waals surface area contributed by atoms with Crippen LogP contribution >= 0.6 is 0 Å². The Morgan fingerprint density at radius 3 is 1.41 bits per heavy atom. The van der Waals surface area contributed by atoms with Gasteiger partial charge in [-0.3, -0.25) is 0 Å². The Bertz CT molecular complexity index is 490. The van der Waals surface area contributed by atoms with Crippen molar-refractivity contribution in [2.24, 2.45) is 0 Å². The highest BCUT2D eigenvalue weighted by Gasteiger charge is 2.24. The van der Waals surface area contributed by atoms with Gasteiger partial charge in [0.15, 0.2) is 23.3 Å². The van der Waals surface area contributed by atoms with Crippen LogP contribution in [0, 0.1) is 40.6 Å². The third kappa shape index (κ3) is 2.85. The number of halogens is 5. The van der Waals surface area contributed by atoms with Gasteiger partial charge in [0.25, 0.3) is 0 Å². The molecule has 0 aliphatic rings. The van der Waals surface area contributed by atoms with Gasteiger partial charge >= 0.3 is 0 Å². The van der Waals surface area contributed by atoms with Gasteiger partial charge in [-0.2, -0.15) is 0 Å². The highest BCUT2D eigenvalue weighted by atomic mass is 28.3. The van der Waals surface area contributed by atoms with Crippen LogP contribution in [0.5, 0.6) is 0 Å². The van der Waals surface area contributed by atoms with E-state index in [2.05, 4.69) is 5.54 Å². The molecule has 0 fully saturated rings. The van der Waals surface area contributed by atoms with Crippen molar-refractivity contribution >= 4 is 8.07 Å². The lowest BCUT2D eigenvalue weighted by molar-refractivity contribution is 0.376. The molecule has 0 N–H and O–H groups in total. The van der Waals surface area contributed by atoms with E-state index in [-0.39, 0.29) is 0 Å². The molecule has 0 amide bonds. The Kier molecular flexibility index (Phi) is 3.62. The first-order valence-corrected chi connectivity index (χ1v) is 8.19. The van der Waals surface area contributed by atoms with Crippen molar-refractivity contribution < 1.29 is 22.0 Å². The van der Waals surface area contributed by atoms with Crippen LogP contribution in [0.1, 0.15) is 5.56 Å². The Labute approximate surface area is 96.5 Å². The van der Waals surface area contributed by atoms with Crippen LogP contribution in [0.4, 0.5) is 22.0 Å². The quantitative estimate of drug-likeness (QED) is 0.221. The lowest BCUT2D eigenvalue weighted by Crippen LogP contribution is -2.16. The van der Waals surface area contributed by atoms with Crippen LogP contribution in [0.2, 0.25) is 19.6 Å². The molecule has 0 saturated carbocycles. The molecule has 0 saturated heterocycles. The number of hydrogen-bond donors (Lipinski definition) is 0.